The minimum atomic E-state index is -0.418. The van der Waals surface area contributed by atoms with E-state index in [0.29, 0.717) is 17.9 Å². The lowest BCUT2D eigenvalue weighted by Gasteiger charge is -2.07. The van der Waals surface area contributed by atoms with Gasteiger partial charge < -0.3 is 9.84 Å². The number of hydrogen-bond acceptors (Lipinski definition) is 5. The Kier molecular flexibility index (Phi) is 6.27. The van der Waals surface area contributed by atoms with Gasteiger partial charge in [0.05, 0.1) is 11.9 Å². The van der Waals surface area contributed by atoms with Crippen molar-refractivity contribution >= 4 is 12.1 Å². The summed E-state index contributed by atoms with van der Waals surface area (Å²) < 4.78 is 5.83. The number of H-pyrrole nitrogens is 1. The molecule has 0 bridgehead atoms. The Morgan fingerprint density at radius 1 is 1.09 bits per heavy atom. The van der Waals surface area contributed by atoms with E-state index in [4.69, 9.17) is 4.74 Å². The second kappa shape index (κ2) is 9.61. The number of hydrazone groups is 1. The molecule has 1 heterocycles. The molecule has 0 atom stereocenters. The summed E-state index contributed by atoms with van der Waals surface area (Å²) >= 11 is 0. The molecule has 0 unspecified atom stereocenters. The van der Waals surface area contributed by atoms with E-state index < -0.39 is 5.91 Å². The molecule has 0 saturated heterocycles. The van der Waals surface area contributed by atoms with Gasteiger partial charge in [-0.3, -0.25) is 9.89 Å². The van der Waals surface area contributed by atoms with Crippen LogP contribution in [-0.4, -0.2) is 27.4 Å². The van der Waals surface area contributed by atoms with E-state index in [0.717, 1.165) is 16.9 Å². The van der Waals surface area contributed by atoms with Gasteiger partial charge in [0.1, 0.15) is 23.8 Å². The van der Waals surface area contributed by atoms with Gasteiger partial charge in [-0.05, 0) is 60.5 Å². The maximum Gasteiger partial charge on any atom is 0.289 e. The summed E-state index contributed by atoms with van der Waals surface area (Å²) in [5, 5.41) is 20.3. The number of aromatic amines is 1. The SMILES string of the molecule is Cc1ccc(COc2ccc(-c3cc(C(=O)N/N=C/c4cccc(O)c4)[nH]n3)cc2)cc1. The molecule has 4 aromatic rings. The van der Waals surface area contributed by atoms with Crippen LogP contribution < -0.4 is 10.2 Å². The van der Waals surface area contributed by atoms with Crippen LogP contribution in [0.1, 0.15) is 27.2 Å². The van der Waals surface area contributed by atoms with Gasteiger partial charge in [-0.2, -0.15) is 10.2 Å². The normalized spacial score (nSPS) is 10.9. The van der Waals surface area contributed by atoms with Crippen LogP contribution in [0.4, 0.5) is 0 Å². The summed E-state index contributed by atoms with van der Waals surface area (Å²) in [5.41, 5.74) is 7.20. The van der Waals surface area contributed by atoms with Crippen LogP contribution in [0.5, 0.6) is 11.5 Å². The monoisotopic (exact) mass is 426 g/mol. The zero-order valence-electron chi connectivity index (χ0n) is 17.4. The van der Waals surface area contributed by atoms with Crippen LogP contribution in [0.2, 0.25) is 0 Å². The fourth-order valence-corrected chi connectivity index (χ4v) is 2.99. The fourth-order valence-electron chi connectivity index (χ4n) is 2.99. The second-order valence-electron chi connectivity index (χ2n) is 7.26. The first-order chi connectivity index (χ1) is 15.6. The van der Waals surface area contributed by atoms with Crippen molar-refractivity contribution in [1.82, 2.24) is 15.6 Å². The molecule has 0 aliphatic rings. The van der Waals surface area contributed by atoms with Crippen molar-refractivity contribution in [2.24, 2.45) is 5.10 Å². The topological polar surface area (TPSA) is 99.6 Å². The molecular weight excluding hydrogens is 404 g/mol. The highest BCUT2D eigenvalue weighted by Crippen LogP contribution is 2.22. The van der Waals surface area contributed by atoms with Gasteiger partial charge in [0.2, 0.25) is 0 Å². The molecule has 0 aliphatic carbocycles. The van der Waals surface area contributed by atoms with Crippen molar-refractivity contribution < 1.29 is 14.6 Å². The first kappa shape index (κ1) is 20.9. The summed E-state index contributed by atoms with van der Waals surface area (Å²) in [6, 6.07) is 24.0. The van der Waals surface area contributed by atoms with Crippen LogP contribution in [0.3, 0.4) is 0 Å². The number of rotatable bonds is 7. The Bertz CT molecular complexity index is 1230. The lowest BCUT2D eigenvalue weighted by molar-refractivity contribution is 0.0950. The summed E-state index contributed by atoms with van der Waals surface area (Å²) in [6.45, 7) is 2.55. The highest BCUT2D eigenvalue weighted by atomic mass is 16.5. The number of aromatic nitrogens is 2. The molecule has 1 amide bonds. The molecule has 0 fully saturated rings. The van der Waals surface area contributed by atoms with Gasteiger partial charge in [0.25, 0.3) is 5.91 Å². The molecule has 3 N–H and O–H groups in total. The summed E-state index contributed by atoms with van der Waals surface area (Å²) in [5.74, 6) is 0.465. The number of aromatic hydroxyl groups is 1. The second-order valence-corrected chi connectivity index (χ2v) is 7.26. The smallest absolute Gasteiger partial charge is 0.289 e. The number of carbonyl (C=O) groups is 1. The van der Waals surface area contributed by atoms with E-state index in [1.54, 1.807) is 24.3 Å². The number of carbonyl (C=O) groups excluding carboxylic acids is 1. The zero-order chi connectivity index (χ0) is 22.3. The predicted molar refractivity (Wildman–Crippen MR) is 123 cm³/mol. The number of nitrogens with zero attached hydrogens (tertiary/aromatic N) is 2. The molecule has 0 spiro atoms. The third kappa shape index (κ3) is 5.40. The summed E-state index contributed by atoms with van der Waals surface area (Å²) in [7, 11) is 0. The van der Waals surface area contributed by atoms with Crippen molar-refractivity contribution in [3.8, 4) is 22.8 Å². The lowest BCUT2D eigenvalue weighted by Crippen LogP contribution is -2.17. The van der Waals surface area contributed by atoms with E-state index in [9.17, 15) is 9.90 Å². The van der Waals surface area contributed by atoms with Crippen molar-refractivity contribution in [3.05, 3.63) is 101 Å². The molecule has 7 heteroatoms. The highest BCUT2D eigenvalue weighted by Gasteiger charge is 2.10. The fraction of sp³-hybridized carbons (Fsp3) is 0.0800. The quantitative estimate of drug-likeness (QED) is 0.301. The molecule has 0 radical (unpaired) electrons. The number of benzene rings is 3. The highest BCUT2D eigenvalue weighted by molar-refractivity contribution is 5.94. The molecule has 32 heavy (non-hydrogen) atoms. The maximum atomic E-state index is 12.3. The lowest BCUT2D eigenvalue weighted by atomic mass is 10.1. The number of nitrogens with one attached hydrogen (secondary N) is 2. The van der Waals surface area contributed by atoms with E-state index in [1.807, 2.05) is 36.4 Å². The van der Waals surface area contributed by atoms with Crippen molar-refractivity contribution in [1.29, 1.82) is 0 Å². The number of phenols is 1. The average Bonchev–Trinajstić information content (AvgIpc) is 3.30. The van der Waals surface area contributed by atoms with Gasteiger partial charge in [0.15, 0.2) is 0 Å². The van der Waals surface area contributed by atoms with E-state index in [2.05, 4.69) is 39.8 Å². The molecule has 0 saturated carbocycles. The maximum absolute atomic E-state index is 12.3. The molecule has 1 aromatic heterocycles. The largest absolute Gasteiger partial charge is 0.508 e. The van der Waals surface area contributed by atoms with E-state index in [1.165, 1.54) is 17.8 Å². The average molecular weight is 426 g/mol. The standard InChI is InChI=1S/C25H22N4O3/c1-17-5-7-18(8-6-17)16-32-22-11-9-20(10-12-22)23-14-24(28-27-23)25(31)29-26-15-19-3-2-4-21(30)13-19/h2-15,30H,16H2,1H3,(H,27,28)(H,29,31)/b26-15+. The van der Waals surface area contributed by atoms with Gasteiger partial charge in [-0.15, -0.1) is 0 Å². The summed E-state index contributed by atoms with van der Waals surface area (Å²) in [6.07, 6.45) is 1.45. The predicted octanol–water partition coefficient (Wildman–Crippen LogP) is 4.43. The Morgan fingerprint density at radius 2 is 1.88 bits per heavy atom. The number of phenolic OH excluding ortho intramolecular Hbond substituents is 1. The molecule has 3 aromatic carbocycles. The Morgan fingerprint density at radius 3 is 2.62 bits per heavy atom. The van der Waals surface area contributed by atoms with Crippen LogP contribution in [0.15, 0.2) is 84.0 Å². The molecule has 160 valence electrons. The van der Waals surface area contributed by atoms with E-state index >= 15 is 0 Å². The minimum absolute atomic E-state index is 0.130. The van der Waals surface area contributed by atoms with Gasteiger partial charge in [-0.25, -0.2) is 5.43 Å². The van der Waals surface area contributed by atoms with Crippen molar-refractivity contribution in [2.45, 2.75) is 13.5 Å². The summed E-state index contributed by atoms with van der Waals surface area (Å²) in [4.78, 5) is 12.3. The molecule has 4 rings (SSSR count). The number of ether oxygens (including phenoxy) is 1. The number of amides is 1. The van der Waals surface area contributed by atoms with Crippen molar-refractivity contribution in [3.63, 3.8) is 0 Å². The van der Waals surface area contributed by atoms with E-state index in [-0.39, 0.29) is 11.4 Å². The Labute approximate surface area is 185 Å². The van der Waals surface area contributed by atoms with Crippen LogP contribution in [0.25, 0.3) is 11.3 Å². The molecular formula is C25H22N4O3. The Balaban J connectivity index is 1.34. The first-order valence-electron chi connectivity index (χ1n) is 10.0. The Hall–Kier alpha value is -4.39. The third-order valence-electron chi connectivity index (χ3n) is 4.75. The molecule has 0 aliphatic heterocycles. The third-order valence-corrected chi connectivity index (χ3v) is 4.75. The van der Waals surface area contributed by atoms with Gasteiger partial charge >= 0.3 is 0 Å². The van der Waals surface area contributed by atoms with Crippen LogP contribution in [-0.2, 0) is 6.61 Å². The first-order valence-corrected chi connectivity index (χ1v) is 10.0. The van der Waals surface area contributed by atoms with Crippen LogP contribution in [0, 0.1) is 6.92 Å². The number of aryl methyl sites for hydroxylation is 1. The van der Waals surface area contributed by atoms with Crippen molar-refractivity contribution in [2.75, 3.05) is 0 Å². The molecule has 7 nitrogen and oxygen atoms in total. The zero-order valence-corrected chi connectivity index (χ0v) is 17.4. The minimum Gasteiger partial charge on any atom is -0.508 e. The van der Waals surface area contributed by atoms with Gasteiger partial charge in [0, 0.05) is 5.56 Å². The van der Waals surface area contributed by atoms with Gasteiger partial charge in [-0.1, -0.05) is 42.0 Å². The number of hydrogen-bond donors (Lipinski definition) is 3. The van der Waals surface area contributed by atoms with Crippen LogP contribution >= 0.6 is 0 Å².